The normalized spacial score (nSPS) is 12.1. The van der Waals surface area contributed by atoms with Gasteiger partial charge in [0.25, 0.3) is 0 Å². The first kappa shape index (κ1) is 17.7. The molecule has 1 atom stereocenters. The summed E-state index contributed by atoms with van der Waals surface area (Å²) >= 11 is 9.23. The van der Waals surface area contributed by atoms with Crippen molar-refractivity contribution in [1.29, 1.82) is 0 Å². The molecule has 25 heavy (non-hydrogen) atoms. The van der Waals surface area contributed by atoms with Crippen molar-refractivity contribution in [3.05, 3.63) is 64.1 Å². The smallest absolute Gasteiger partial charge is 0.229 e. The van der Waals surface area contributed by atoms with Crippen LogP contribution in [0.25, 0.3) is 0 Å². The van der Waals surface area contributed by atoms with Crippen molar-refractivity contribution >= 4 is 39.1 Å². The van der Waals surface area contributed by atoms with Crippen LogP contribution in [0.3, 0.4) is 0 Å². The largest absolute Gasteiger partial charge is 0.326 e. The third-order valence-corrected chi connectivity index (χ3v) is 4.26. The van der Waals surface area contributed by atoms with Crippen molar-refractivity contribution in [2.75, 3.05) is 5.32 Å². The fourth-order valence-corrected chi connectivity index (χ4v) is 2.91. The third kappa shape index (κ3) is 4.93. The lowest BCUT2D eigenvalue weighted by Crippen LogP contribution is -2.24. The van der Waals surface area contributed by atoms with E-state index in [0.29, 0.717) is 18.1 Å². The number of carbonyl (C=O) groups is 1. The van der Waals surface area contributed by atoms with E-state index < -0.39 is 0 Å². The molecule has 0 spiro atoms. The van der Waals surface area contributed by atoms with Crippen molar-refractivity contribution in [3.8, 4) is 0 Å². The summed E-state index contributed by atoms with van der Waals surface area (Å²) in [6, 6.07) is 7.70. The molecule has 3 aromatic rings. The van der Waals surface area contributed by atoms with Gasteiger partial charge in [-0.2, -0.15) is 10.2 Å². The molecule has 0 bridgehead atoms. The Morgan fingerprint density at radius 2 is 2.08 bits per heavy atom. The average Bonchev–Trinajstić information content (AvgIpc) is 3.16. The summed E-state index contributed by atoms with van der Waals surface area (Å²) in [5.41, 5.74) is 1.79. The molecule has 2 aromatic heterocycles. The number of halogens is 2. The van der Waals surface area contributed by atoms with Crippen LogP contribution >= 0.6 is 27.5 Å². The summed E-state index contributed by atoms with van der Waals surface area (Å²) in [4.78, 5) is 12.4. The maximum atomic E-state index is 12.4. The average molecular weight is 423 g/mol. The molecule has 1 aromatic carbocycles. The van der Waals surface area contributed by atoms with Crippen molar-refractivity contribution in [2.45, 2.75) is 20.0 Å². The van der Waals surface area contributed by atoms with E-state index in [1.165, 1.54) is 0 Å². The second-order valence-electron chi connectivity index (χ2n) is 5.83. The number of aromatic nitrogens is 4. The number of anilines is 1. The van der Waals surface area contributed by atoms with Gasteiger partial charge in [0.05, 0.1) is 40.9 Å². The number of carbonyl (C=O) groups excluding carboxylic acids is 1. The lowest BCUT2D eigenvalue weighted by molar-refractivity contribution is -0.119. The van der Waals surface area contributed by atoms with E-state index >= 15 is 0 Å². The Kier molecular flexibility index (Phi) is 5.55. The van der Waals surface area contributed by atoms with Gasteiger partial charge in [0.2, 0.25) is 5.91 Å². The van der Waals surface area contributed by atoms with Crippen LogP contribution in [0.1, 0.15) is 12.5 Å². The molecule has 0 aliphatic carbocycles. The second kappa shape index (κ2) is 7.84. The molecule has 1 N–H and O–H groups in total. The maximum Gasteiger partial charge on any atom is 0.229 e. The van der Waals surface area contributed by atoms with Crippen LogP contribution in [0.15, 0.2) is 53.5 Å². The highest BCUT2D eigenvalue weighted by molar-refractivity contribution is 9.10. The Morgan fingerprint density at radius 3 is 2.76 bits per heavy atom. The van der Waals surface area contributed by atoms with Crippen molar-refractivity contribution in [3.63, 3.8) is 0 Å². The summed E-state index contributed by atoms with van der Waals surface area (Å²) in [6.07, 6.45) is 6.91. The van der Waals surface area contributed by atoms with Crippen molar-refractivity contribution in [1.82, 2.24) is 19.6 Å². The van der Waals surface area contributed by atoms with Crippen LogP contribution in [-0.2, 0) is 17.9 Å². The van der Waals surface area contributed by atoms with E-state index in [0.717, 1.165) is 15.7 Å². The Balaban J connectivity index is 1.61. The summed E-state index contributed by atoms with van der Waals surface area (Å²) < 4.78 is 4.39. The highest BCUT2D eigenvalue weighted by atomic mass is 79.9. The minimum atomic E-state index is -0.208. The quantitative estimate of drug-likeness (QED) is 0.657. The Hall–Kier alpha value is -2.12. The summed E-state index contributed by atoms with van der Waals surface area (Å²) in [5, 5.41) is 11.9. The minimum absolute atomic E-state index is 0.0501. The predicted octanol–water partition coefficient (Wildman–Crippen LogP) is 3.82. The SMILES string of the molecule is CC(Cn1cc(Br)cn1)C(=O)Nc1cccc(Cn2cc(Cl)cn2)c1. The van der Waals surface area contributed by atoms with E-state index in [4.69, 9.17) is 11.6 Å². The molecule has 1 amide bonds. The number of hydrogen-bond donors (Lipinski definition) is 1. The van der Waals surface area contributed by atoms with Gasteiger partial charge in [-0.15, -0.1) is 0 Å². The molecule has 6 nitrogen and oxygen atoms in total. The molecule has 1 unspecified atom stereocenters. The van der Waals surface area contributed by atoms with Gasteiger partial charge in [-0.1, -0.05) is 30.7 Å². The van der Waals surface area contributed by atoms with Crippen LogP contribution < -0.4 is 5.32 Å². The standard InChI is InChI=1S/C17H17BrClN5O/c1-12(8-23-10-14(18)6-20-23)17(25)22-16-4-2-3-13(5-16)9-24-11-15(19)7-21-24/h2-7,10-12H,8-9H2,1H3,(H,22,25). The zero-order valence-electron chi connectivity index (χ0n) is 13.6. The van der Waals surface area contributed by atoms with E-state index in [9.17, 15) is 4.79 Å². The molecule has 2 heterocycles. The Labute approximate surface area is 158 Å². The zero-order chi connectivity index (χ0) is 17.8. The van der Waals surface area contributed by atoms with Crippen LogP contribution in [0.2, 0.25) is 5.02 Å². The molecule has 0 radical (unpaired) electrons. The van der Waals surface area contributed by atoms with Crippen molar-refractivity contribution < 1.29 is 4.79 Å². The fraction of sp³-hybridized carbons (Fsp3) is 0.235. The van der Waals surface area contributed by atoms with Crippen LogP contribution in [0.4, 0.5) is 5.69 Å². The van der Waals surface area contributed by atoms with Crippen molar-refractivity contribution in [2.24, 2.45) is 5.92 Å². The zero-order valence-corrected chi connectivity index (χ0v) is 15.9. The maximum absolute atomic E-state index is 12.4. The van der Waals surface area contributed by atoms with Crippen LogP contribution in [0, 0.1) is 5.92 Å². The monoisotopic (exact) mass is 421 g/mol. The molecular formula is C17H17BrClN5O. The van der Waals surface area contributed by atoms with Crippen LogP contribution in [-0.4, -0.2) is 25.5 Å². The topological polar surface area (TPSA) is 64.7 Å². The number of nitrogens with zero attached hydrogens (tertiary/aromatic N) is 4. The first-order chi connectivity index (χ1) is 12.0. The molecule has 130 valence electrons. The van der Waals surface area contributed by atoms with Crippen LogP contribution in [0.5, 0.6) is 0 Å². The van der Waals surface area contributed by atoms with E-state index in [1.54, 1.807) is 28.0 Å². The van der Waals surface area contributed by atoms with Gasteiger partial charge in [-0.3, -0.25) is 14.2 Å². The van der Waals surface area contributed by atoms with Gasteiger partial charge in [-0.05, 0) is 33.6 Å². The van der Waals surface area contributed by atoms with Gasteiger partial charge in [-0.25, -0.2) is 0 Å². The number of rotatable bonds is 6. The van der Waals surface area contributed by atoms with E-state index in [2.05, 4.69) is 31.4 Å². The number of benzene rings is 1. The first-order valence-electron chi connectivity index (χ1n) is 7.75. The lowest BCUT2D eigenvalue weighted by atomic mass is 10.1. The summed E-state index contributed by atoms with van der Waals surface area (Å²) in [6.45, 7) is 2.98. The molecule has 8 heteroatoms. The van der Waals surface area contributed by atoms with Gasteiger partial charge < -0.3 is 5.32 Å². The van der Waals surface area contributed by atoms with Gasteiger partial charge in [0.1, 0.15) is 0 Å². The summed E-state index contributed by atoms with van der Waals surface area (Å²) in [7, 11) is 0. The minimum Gasteiger partial charge on any atom is -0.326 e. The number of amides is 1. The fourth-order valence-electron chi connectivity index (χ4n) is 2.43. The molecule has 0 saturated carbocycles. The molecule has 0 aliphatic heterocycles. The molecule has 0 aliphatic rings. The third-order valence-electron chi connectivity index (χ3n) is 3.65. The number of hydrogen-bond acceptors (Lipinski definition) is 3. The predicted molar refractivity (Wildman–Crippen MR) is 101 cm³/mol. The van der Waals surface area contributed by atoms with Gasteiger partial charge in [0, 0.05) is 18.1 Å². The highest BCUT2D eigenvalue weighted by Gasteiger charge is 2.14. The Morgan fingerprint density at radius 1 is 1.28 bits per heavy atom. The first-order valence-corrected chi connectivity index (χ1v) is 8.92. The molecular weight excluding hydrogens is 406 g/mol. The van der Waals surface area contributed by atoms with Gasteiger partial charge in [0.15, 0.2) is 0 Å². The highest BCUT2D eigenvalue weighted by Crippen LogP contribution is 2.15. The molecule has 0 saturated heterocycles. The van der Waals surface area contributed by atoms with E-state index in [-0.39, 0.29) is 11.8 Å². The molecule has 3 rings (SSSR count). The number of nitrogens with one attached hydrogen (secondary N) is 1. The van der Waals surface area contributed by atoms with Gasteiger partial charge >= 0.3 is 0 Å². The lowest BCUT2D eigenvalue weighted by Gasteiger charge is -2.13. The van der Waals surface area contributed by atoms with E-state index in [1.807, 2.05) is 37.4 Å². The molecule has 0 fully saturated rings. The Bertz CT molecular complexity index is 875. The summed E-state index contributed by atoms with van der Waals surface area (Å²) in [5.74, 6) is -0.258. The second-order valence-corrected chi connectivity index (χ2v) is 7.18.